The standard InChI is InChI=1S/C16H19NO3/c1-10-8-14(18)11(2)7-13(10)17-9-12-5-4-6-15(20-3)16(12)19/h4-8,17-19H,9H2,1-3H3. The zero-order valence-electron chi connectivity index (χ0n) is 11.9. The van der Waals surface area contributed by atoms with Crippen molar-refractivity contribution < 1.29 is 14.9 Å². The maximum absolute atomic E-state index is 10.0. The minimum atomic E-state index is 0.149. The van der Waals surface area contributed by atoms with E-state index in [4.69, 9.17) is 4.74 Å². The molecule has 0 aliphatic rings. The zero-order valence-corrected chi connectivity index (χ0v) is 11.9. The monoisotopic (exact) mass is 273 g/mol. The van der Waals surface area contributed by atoms with E-state index in [1.165, 1.54) is 7.11 Å². The summed E-state index contributed by atoms with van der Waals surface area (Å²) in [6.45, 7) is 4.25. The van der Waals surface area contributed by atoms with Crippen molar-refractivity contribution >= 4 is 5.69 Å². The van der Waals surface area contributed by atoms with Crippen LogP contribution in [0.5, 0.6) is 17.2 Å². The lowest BCUT2D eigenvalue weighted by Gasteiger charge is -2.13. The van der Waals surface area contributed by atoms with Crippen LogP contribution in [-0.4, -0.2) is 17.3 Å². The average molecular weight is 273 g/mol. The molecule has 0 bridgehead atoms. The molecule has 0 saturated carbocycles. The van der Waals surface area contributed by atoms with Crippen molar-refractivity contribution in [3.05, 3.63) is 47.0 Å². The second-order valence-electron chi connectivity index (χ2n) is 4.78. The van der Waals surface area contributed by atoms with Gasteiger partial charge >= 0.3 is 0 Å². The number of rotatable bonds is 4. The molecule has 0 spiro atoms. The normalized spacial score (nSPS) is 10.3. The van der Waals surface area contributed by atoms with Crippen LogP contribution in [0, 0.1) is 13.8 Å². The Balaban J connectivity index is 2.19. The molecule has 0 atom stereocenters. The topological polar surface area (TPSA) is 61.7 Å². The highest BCUT2D eigenvalue weighted by Crippen LogP contribution is 2.31. The maximum Gasteiger partial charge on any atom is 0.162 e. The van der Waals surface area contributed by atoms with Gasteiger partial charge in [0.2, 0.25) is 0 Å². The number of phenolic OH excluding ortho intramolecular Hbond substituents is 2. The zero-order chi connectivity index (χ0) is 14.7. The van der Waals surface area contributed by atoms with E-state index in [2.05, 4.69) is 5.32 Å². The van der Waals surface area contributed by atoms with E-state index < -0.39 is 0 Å². The van der Waals surface area contributed by atoms with E-state index >= 15 is 0 Å². The van der Waals surface area contributed by atoms with Gasteiger partial charge in [0, 0.05) is 17.8 Å². The Morgan fingerprint density at radius 2 is 1.85 bits per heavy atom. The molecule has 4 nitrogen and oxygen atoms in total. The second kappa shape index (κ2) is 5.74. The fourth-order valence-electron chi connectivity index (χ4n) is 2.06. The van der Waals surface area contributed by atoms with Crippen LogP contribution in [0.15, 0.2) is 30.3 Å². The molecule has 2 aromatic carbocycles. The largest absolute Gasteiger partial charge is 0.508 e. The molecular weight excluding hydrogens is 254 g/mol. The molecule has 0 aliphatic carbocycles. The highest BCUT2D eigenvalue weighted by Gasteiger charge is 2.08. The number of ether oxygens (including phenoxy) is 1. The molecule has 106 valence electrons. The summed E-state index contributed by atoms with van der Waals surface area (Å²) in [4.78, 5) is 0. The molecule has 2 rings (SSSR count). The van der Waals surface area contributed by atoms with Gasteiger partial charge in [0.1, 0.15) is 5.75 Å². The highest BCUT2D eigenvalue weighted by atomic mass is 16.5. The van der Waals surface area contributed by atoms with Crippen molar-refractivity contribution in [3.8, 4) is 17.2 Å². The van der Waals surface area contributed by atoms with Crippen molar-refractivity contribution in [3.63, 3.8) is 0 Å². The van der Waals surface area contributed by atoms with Gasteiger partial charge in [-0.2, -0.15) is 0 Å². The third-order valence-corrected chi connectivity index (χ3v) is 3.31. The molecule has 0 amide bonds. The Bertz CT molecular complexity index is 623. The van der Waals surface area contributed by atoms with Crippen LogP contribution in [0.3, 0.4) is 0 Å². The summed E-state index contributed by atoms with van der Waals surface area (Å²) in [6.07, 6.45) is 0. The van der Waals surface area contributed by atoms with Gasteiger partial charge in [-0.05, 0) is 43.2 Å². The van der Waals surface area contributed by atoms with Crippen LogP contribution < -0.4 is 10.1 Å². The average Bonchev–Trinajstić information content (AvgIpc) is 2.43. The van der Waals surface area contributed by atoms with Gasteiger partial charge in [0.05, 0.1) is 7.11 Å². The summed E-state index contributed by atoms with van der Waals surface area (Å²) in [6, 6.07) is 9.01. The number of benzene rings is 2. The van der Waals surface area contributed by atoms with Crippen LogP contribution in [0.25, 0.3) is 0 Å². The second-order valence-corrected chi connectivity index (χ2v) is 4.78. The fraction of sp³-hybridized carbons (Fsp3) is 0.250. The summed E-state index contributed by atoms with van der Waals surface area (Å²) in [7, 11) is 1.53. The van der Waals surface area contributed by atoms with Gasteiger partial charge in [0.25, 0.3) is 0 Å². The lowest BCUT2D eigenvalue weighted by molar-refractivity contribution is 0.371. The molecule has 0 saturated heterocycles. The van der Waals surface area contributed by atoms with Gasteiger partial charge in [0.15, 0.2) is 11.5 Å². The first-order valence-corrected chi connectivity index (χ1v) is 6.42. The first kappa shape index (κ1) is 14.1. The quantitative estimate of drug-likeness (QED) is 0.748. The number of phenols is 2. The predicted octanol–water partition coefficient (Wildman–Crippen LogP) is 3.34. The lowest BCUT2D eigenvalue weighted by Crippen LogP contribution is -2.02. The summed E-state index contributed by atoms with van der Waals surface area (Å²) >= 11 is 0. The Morgan fingerprint density at radius 1 is 1.10 bits per heavy atom. The third kappa shape index (κ3) is 2.79. The van der Waals surface area contributed by atoms with Crippen LogP contribution in [-0.2, 0) is 6.54 Å². The van der Waals surface area contributed by atoms with Crippen molar-refractivity contribution in [2.75, 3.05) is 12.4 Å². The van der Waals surface area contributed by atoms with Gasteiger partial charge in [-0.1, -0.05) is 12.1 Å². The fourth-order valence-corrected chi connectivity index (χ4v) is 2.06. The smallest absolute Gasteiger partial charge is 0.162 e. The Hall–Kier alpha value is -2.36. The van der Waals surface area contributed by atoms with Crippen molar-refractivity contribution in [2.45, 2.75) is 20.4 Å². The molecule has 0 fully saturated rings. The number of hydrogen-bond acceptors (Lipinski definition) is 4. The van der Waals surface area contributed by atoms with Gasteiger partial charge in [-0.3, -0.25) is 0 Å². The third-order valence-electron chi connectivity index (χ3n) is 3.31. The number of anilines is 1. The molecule has 0 heterocycles. The van der Waals surface area contributed by atoms with E-state index in [9.17, 15) is 10.2 Å². The van der Waals surface area contributed by atoms with Gasteiger partial charge < -0.3 is 20.3 Å². The van der Waals surface area contributed by atoms with Crippen molar-refractivity contribution in [2.24, 2.45) is 0 Å². The maximum atomic E-state index is 10.0. The Labute approximate surface area is 118 Å². The minimum absolute atomic E-state index is 0.149. The number of nitrogens with one attached hydrogen (secondary N) is 1. The first-order chi connectivity index (χ1) is 9.52. The summed E-state index contributed by atoms with van der Waals surface area (Å²) in [5.41, 5.74) is 3.46. The Morgan fingerprint density at radius 3 is 2.55 bits per heavy atom. The van der Waals surface area contributed by atoms with Crippen molar-refractivity contribution in [1.82, 2.24) is 0 Å². The molecule has 0 aromatic heterocycles. The van der Waals surface area contributed by atoms with Gasteiger partial charge in [-0.25, -0.2) is 0 Å². The van der Waals surface area contributed by atoms with Crippen LogP contribution >= 0.6 is 0 Å². The van der Waals surface area contributed by atoms with E-state index in [1.54, 1.807) is 12.1 Å². The minimum Gasteiger partial charge on any atom is -0.508 e. The van der Waals surface area contributed by atoms with E-state index in [-0.39, 0.29) is 11.5 Å². The summed E-state index contributed by atoms with van der Waals surface area (Å²) in [5.74, 6) is 0.899. The molecule has 0 radical (unpaired) electrons. The summed E-state index contributed by atoms with van der Waals surface area (Å²) in [5, 5.41) is 22.9. The Kier molecular flexibility index (Phi) is 4.03. The van der Waals surface area contributed by atoms with Crippen LogP contribution in [0.2, 0.25) is 0 Å². The highest BCUT2D eigenvalue weighted by molar-refractivity contribution is 5.57. The van der Waals surface area contributed by atoms with Crippen LogP contribution in [0.4, 0.5) is 5.69 Å². The number of hydrogen-bond donors (Lipinski definition) is 3. The first-order valence-electron chi connectivity index (χ1n) is 6.42. The molecule has 0 aliphatic heterocycles. The van der Waals surface area contributed by atoms with E-state index in [0.29, 0.717) is 12.3 Å². The van der Waals surface area contributed by atoms with E-state index in [1.807, 2.05) is 32.0 Å². The summed E-state index contributed by atoms with van der Waals surface area (Å²) < 4.78 is 5.09. The van der Waals surface area contributed by atoms with Crippen molar-refractivity contribution in [1.29, 1.82) is 0 Å². The lowest BCUT2D eigenvalue weighted by atomic mass is 10.1. The van der Waals surface area contributed by atoms with E-state index in [0.717, 1.165) is 22.4 Å². The molecule has 0 unspecified atom stereocenters. The SMILES string of the molecule is COc1cccc(CNc2cc(C)c(O)cc2C)c1O. The molecule has 3 N–H and O–H groups in total. The molecule has 2 aromatic rings. The number of aromatic hydroxyl groups is 2. The molecular formula is C16H19NO3. The van der Waals surface area contributed by atoms with Crippen LogP contribution in [0.1, 0.15) is 16.7 Å². The molecule has 20 heavy (non-hydrogen) atoms. The number of para-hydroxylation sites is 1. The van der Waals surface area contributed by atoms with Gasteiger partial charge in [-0.15, -0.1) is 0 Å². The molecule has 4 heteroatoms. The predicted molar refractivity (Wildman–Crippen MR) is 79.6 cm³/mol. The number of methoxy groups -OCH3 is 1. The number of aryl methyl sites for hydroxylation is 2.